The first-order chi connectivity index (χ1) is 8.83. The van der Waals surface area contributed by atoms with Gasteiger partial charge in [-0.15, -0.1) is 0 Å². The predicted molar refractivity (Wildman–Crippen MR) is 63.7 cm³/mol. The normalized spacial score (nSPS) is 11.3. The van der Waals surface area contributed by atoms with Crippen molar-refractivity contribution in [2.75, 3.05) is 26.3 Å². The Kier molecular flexibility index (Phi) is 4.52. The summed E-state index contributed by atoms with van der Waals surface area (Å²) in [6.07, 6.45) is 1.57. The van der Waals surface area contributed by atoms with Gasteiger partial charge < -0.3 is 19.2 Å². The topological polar surface area (TPSA) is 82.9 Å². The second-order valence-electron chi connectivity index (χ2n) is 3.88. The molecule has 0 amide bonds. The Morgan fingerprint density at radius 2 is 1.94 bits per heavy atom. The molecule has 6 heteroatoms. The van der Waals surface area contributed by atoms with Crippen LogP contribution in [0.4, 0.5) is 0 Å². The predicted octanol–water partition coefficient (Wildman–Crippen LogP) is 0.721. The van der Waals surface area contributed by atoms with Crippen molar-refractivity contribution in [1.82, 2.24) is 10.1 Å². The van der Waals surface area contributed by atoms with Crippen LogP contribution < -0.4 is 0 Å². The maximum Gasteiger partial charge on any atom is 0.202 e. The Bertz CT molecular complexity index is 446. The first-order valence-electron chi connectivity index (χ1n) is 5.77. The molecule has 98 valence electrons. The van der Waals surface area contributed by atoms with Crippen molar-refractivity contribution in [2.24, 2.45) is 0 Å². The molecule has 0 aliphatic rings. The van der Waals surface area contributed by atoms with Crippen LogP contribution in [0.2, 0.25) is 0 Å². The molecule has 0 saturated carbocycles. The molecule has 0 aliphatic heterocycles. The smallest absolute Gasteiger partial charge is 0.202 e. The highest BCUT2D eigenvalue weighted by molar-refractivity contribution is 5.49. The fourth-order valence-electron chi connectivity index (χ4n) is 1.70. The minimum Gasteiger partial charge on any atom is -0.461 e. The van der Waals surface area contributed by atoms with Crippen molar-refractivity contribution in [2.45, 2.75) is 6.54 Å². The highest BCUT2D eigenvalue weighted by Gasteiger charge is 2.12. The fourth-order valence-corrected chi connectivity index (χ4v) is 1.70. The van der Waals surface area contributed by atoms with Gasteiger partial charge in [0.05, 0.1) is 25.2 Å². The zero-order valence-corrected chi connectivity index (χ0v) is 9.95. The zero-order valence-electron chi connectivity index (χ0n) is 9.95. The number of hydrogen-bond donors (Lipinski definition) is 2. The molecular weight excluding hydrogens is 236 g/mol. The van der Waals surface area contributed by atoms with Crippen molar-refractivity contribution in [3.05, 3.63) is 30.2 Å². The van der Waals surface area contributed by atoms with Crippen molar-refractivity contribution >= 4 is 0 Å². The maximum absolute atomic E-state index is 8.91. The van der Waals surface area contributed by atoms with Gasteiger partial charge in [-0.05, 0) is 12.1 Å². The molecule has 0 aromatic carbocycles. The molecule has 6 nitrogen and oxygen atoms in total. The molecule has 0 spiro atoms. The Morgan fingerprint density at radius 3 is 2.56 bits per heavy atom. The van der Waals surface area contributed by atoms with Crippen LogP contribution in [0.15, 0.2) is 33.4 Å². The summed E-state index contributed by atoms with van der Waals surface area (Å²) in [7, 11) is 0. The third kappa shape index (κ3) is 3.19. The molecule has 2 aromatic heterocycles. The van der Waals surface area contributed by atoms with Crippen LogP contribution in [0.25, 0.3) is 11.5 Å². The molecule has 0 unspecified atom stereocenters. The number of aliphatic hydroxyl groups is 2. The second kappa shape index (κ2) is 6.34. The quantitative estimate of drug-likeness (QED) is 0.755. The van der Waals surface area contributed by atoms with Gasteiger partial charge >= 0.3 is 0 Å². The summed E-state index contributed by atoms with van der Waals surface area (Å²) in [5.41, 5.74) is 0.739. The van der Waals surface area contributed by atoms with Gasteiger partial charge in [0.25, 0.3) is 0 Å². The Hall–Kier alpha value is -1.63. The van der Waals surface area contributed by atoms with E-state index >= 15 is 0 Å². The van der Waals surface area contributed by atoms with E-state index in [4.69, 9.17) is 19.2 Å². The standard InChI is InChI=1S/C12H16N2O4/c15-5-3-14(4-6-16)9-10-8-12(18-13-10)11-2-1-7-17-11/h1-2,7-8,15-16H,3-6,9H2. The molecule has 2 N–H and O–H groups in total. The third-order valence-corrected chi connectivity index (χ3v) is 2.54. The van der Waals surface area contributed by atoms with Gasteiger partial charge in [0.15, 0.2) is 5.76 Å². The van der Waals surface area contributed by atoms with Gasteiger partial charge in [-0.3, -0.25) is 4.90 Å². The average molecular weight is 252 g/mol. The summed E-state index contributed by atoms with van der Waals surface area (Å²) < 4.78 is 10.4. The molecule has 0 atom stereocenters. The molecule has 0 radical (unpaired) electrons. The summed E-state index contributed by atoms with van der Waals surface area (Å²) in [4.78, 5) is 1.89. The summed E-state index contributed by atoms with van der Waals surface area (Å²) in [6.45, 7) is 1.59. The molecule has 2 heterocycles. The molecule has 2 rings (SSSR count). The number of aliphatic hydroxyl groups excluding tert-OH is 2. The summed E-state index contributed by atoms with van der Waals surface area (Å²) in [5, 5.41) is 21.8. The second-order valence-corrected chi connectivity index (χ2v) is 3.88. The van der Waals surface area contributed by atoms with Crippen LogP contribution in [0.1, 0.15) is 5.69 Å². The number of furan rings is 1. The third-order valence-electron chi connectivity index (χ3n) is 2.54. The van der Waals surface area contributed by atoms with Gasteiger partial charge in [-0.2, -0.15) is 0 Å². The van der Waals surface area contributed by atoms with Gasteiger partial charge in [-0.25, -0.2) is 0 Å². The largest absolute Gasteiger partial charge is 0.461 e. The lowest BCUT2D eigenvalue weighted by molar-refractivity contribution is 0.153. The molecule has 0 saturated heterocycles. The van der Waals surface area contributed by atoms with E-state index in [-0.39, 0.29) is 13.2 Å². The van der Waals surface area contributed by atoms with E-state index in [1.807, 2.05) is 4.90 Å². The van der Waals surface area contributed by atoms with Gasteiger partial charge in [0.2, 0.25) is 5.76 Å². The molecule has 18 heavy (non-hydrogen) atoms. The highest BCUT2D eigenvalue weighted by Crippen LogP contribution is 2.20. The number of nitrogens with zero attached hydrogens (tertiary/aromatic N) is 2. The minimum atomic E-state index is 0.0445. The molecular formula is C12H16N2O4. The van der Waals surface area contributed by atoms with Gasteiger partial charge in [0, 0.05) is 25.7 Å². The first kappa shape index (κ1) is 12.8. The van der Waals surface area contributed by atoms with Crippen LogP contribution >= 0.6 is 0 Å². The minimum absolute atomic E-state index is 0.0445. The summed E-state index contributed by atoms with van der Waals surface area (Å²) in [5.74, 6) is 1.20. The monoisotopic (exact) mass is 252 g/mol. The van der Waals surface area contributed by atoms with Crippen LogP contribution in [0, 0.1) is 0 Å². The van der Waals surface area contributed by atoms with Crippen molar-refractivity contribution in [1.29, 1.82) is 0 Å². The molecule has 0 aliphatic carbocycles. The van der Waals surface area contributed by atoms with Crippen molar-refractivity contribution in [3.63, 3.8) is 0 Å². The van der Waals surface area contributed by atoms with E-state index in [9.17, 15) is 0 Å². The first-order valence-corrected chi connectivity index (χ1v) is 5.77. The van der Waals surface area contributed by atoms with Crippen molar-refractivity contribution in [3.8, 4) is 11.5 Å². The van der Waals surface area contributed by atoms with Crippen LogP contribution in [0.5, 0.6) is 0 Å². The van der Waals surface area contributed by atoms with Gasteiger partial charge in [0.1, 0.15) is 0 Å². The van der Waals surface area contributed by atoms with E-state index in [0.29, 0.717) is 31.2 Å². The number of rotatable bonds is 7. The lowest BCUT2D eigenvalue weighted by Crippen LogP contribution is -2.29. The lowest BCUT2D eigenvalue weighted by Gasteiger charge is -2.17. The van der Waals surface area contributed by atoms with E-state index in [1.165, 1.54) is 0 Å². The SMILES string of the molecule is OCCN(CCO)Cc1cc(-c2ccco2)on1. The van der Waals surface area contributed by atoms with Crippen molar-refractivity contribution < 1.29 is 19.2 Å². The highest BCUT2D eigenvalue weighted by atomic mass is 16.5. The molecule has 2 aromatic rings. The van der Waals surface area contributed by atoms with E-state index in [2.05, 4.69) is 5.16 Å². The van der Waals surface area contributed by atoms with E-state index in [0.717, 1.165) is 5.69 Å². The lowest BCUT2D eigenvalue weighted by atomic mass is 10.3. The Morgan fingerprint density at radius 1 is 1.17 bits per heavy atom. The van der Waals surface area contributed by atoms with Crippen LogP contribution in [0.3, 0.4) is 0 Å². The van der Waals surface area contributed by atoms with E-state index < -0.39 is 0 Å². The zero-order chi connectivity index (χ0) is 12.8. The Labute approximate surface area is 104 Å². The number of hydrogen-bond acceptors (Lipinski definition) is 6. The maximum atomic E-state index is 8.91. The van der Waals surface area contributed by atoms with Crippen LogP contribution in [-0.2, 0) is 6.54 Å². The number of aromatic nitrogens is 1. The molecule has 0 bridgehead atoms. The van der Waals surface area contributed by atoms with Gasteiger partial charge in [-0.1, -0.05) is 5.16 Å². The summed E-state index contributed by atoms with van der Waals surface area (Å²) >= 11 is 0. The fraction of sp³-hybridized carbons (Fsp3) is 0.417. The Balaban J connectivity index is 2.01. The average Bonchev–Trinajstić information content (AvgIpc) is 2.98. The molecule has 0 fully saturated rings. The van der Waals surface area contributed by atoms with E-state index in [1.54, 1.807) is 24.5 Å². The van der Waals surface area contributed by atoms with Crippen LogP contribution in [-0.4, -0.2) is 46.6 Å². The summed E-state index contributed by atoms with van der Waals surface area (Å²) in [6, 6.07) is 5.37.